The zero-order chi connectivity index (χ0) is 24.7. The molecule has 3 aromatic heterocycles. The van der Waals surface area contributed by atoms with Crippen LogP contribution in [-0.4, -0.2) is 47.9 Å². The third-order valence-corrected chi connectivity index (χ3v) is 7.06. The molecule has 10 nitrogen and oxygen atoms in total. The molecule has 2 aliphatic carbocycles. The first-order chi connectivity index (χ1) is 16.9. The van der Waals surface area contributed by atoms with Crippen molar-refractivity contribution in [3.8, 4) is 16.9 Å². The molecule has 2 saturated carbocycles. The number of nitrogens with one attached hydrogen (secondary N) is 3. The number of pyridine rings is 1. The smallest absolute Gasteiger partial charge is 0.270 e. The normalized spacial score (nSPS) is 16.3. The number of hydrogen-bond acceptors (Lipinski definition) is 6. The number of aromatic hydroxyl groups is 1. The molecule has 4 N–H and O–H groups in total. The number of aryl methyl sites for hydroxylation is 3. The zero-order valence-corrected chi connectivity index (χ0v) is 20.2. The molecule has 0 unspecified atom stereocenters. The molecule has 0 bridgehead atoms. The molecule has 35 heavy (non-hydrogen) atoms. The summed E-state index contributed by atoms with van der Waals surface area (Å²) in [5.74, 6) is 0.149. The van der Waals surface area contributed by atoms with Crippen molar-refractivity contribution in [1.82, 2.24) is 30.3 Å². The predicted octanol–water partition coefficient (Wildman–Crippen LogP) is 3.18. The van der Waals surface area contributed by atoms with E-state index in [1.165, 1.54) is 0 Å². The fraction of sp³-hybridized carbons (Fsp3) is 0.480. The molecule has 2 aliphatic rings. The second-order valence-electron chi connectivity index (χ2n) is 9.63. The van der Waals surface area contributed by atoms with Crippen molar-refractivity contribution in [1.29, 1.82) is 0 Å². The van der Waals surface area contributed by atoms with Crippen molar-refractivity contribution in [2.75, 3.05) is 5.32 Å². The molecule has 184 valence electrons. The van der Waals surface area contributed by atoms with E-state index in [1.54, 1.807) is 29.2 Å². The SMILES string of the molecule is CCn1nccc1C(=O)N[C@H](C(=O)Nc1ncc(-c2c(C)n[nH]c2C)cc1O)C(C1CC1)C1CC1. The van der Waals surface area contributed by atoms with Crippen LogP contribution < -0.4 is 10.6 Å². The van der Waals surface area contributed by atoms with Gasteiger partial charge in [0, 0.05) is 35.8 Å². The summed E-state index contributed by atoms with van der Waals surface area (Å²) in [6, 6.07) is 2.50. The minimum absolute atomic E-state index is 0.0644. The lowest BCUT2D eigenvalue weighted by molar-refractivity contribution is -0.119. The molecule has 0 aromatic carbocycles. The summed E-state index contributed by atoms with van der Waals surface area (Å²) in [6.45, 7) is 6.24. The van der Waals surface area contributed by atoms with Gasteiger partial charge in [-0.3, -0.25) is 19.4 Å². The van der Waals surface area contributed by atoms with E-state index in [0.717, 1.165) is 42.6 Å². The summed E-state index contributed by atoms with van der Waals surface area (Å²) in [7, 11) is 0. The molecule has 5 rings (SSSR count). The molecule has 0 aliphatic heterocycles. The van der Waals surface area contributed by atoms with Gasteiger partial charge in [-0.2, -0.15) is 10.2 Å². The van der Waals surface area contributed by atoms with Gasteiger partial charge in [-0.15, -0.1) is 0 Å². The Labute approximate surface area is 203 Å². The molecular formula is C25H31N7O3. The van der Waals surface area contributed by atoms with Crippen LogP contribution in [0.2, 0.25) is 0 Å². The summed E-state index contributed by atoms with van der Waals surface area (Å²) >= 11 is 0. The number of anilines is 1. The van der Waals surface area contributed by atoms with Gasteiger partial charge < -0.3 is 15.7 Å². The summed E-state index contributed by atoms with van der Waals surface area (Å²) in [6.07, 6.45) is 7.45. The number of hydrogen-bond donors (Lipinski definition) is 4. The standard InChI is InChI=1S/C25H31N7O3/c1-4-32-18(9-10-27-32)24(34)28-22(21(15-5-6-15)16-7-8-16)25(35)29-23-19(33)11-17(12-26-23)20-13(2)30-31-14(20)3/h9-12,15-16,21-22,33H,4-8H2,1-3H3,(H,28,34)(H,30,31)(H,26,29,35)/t22-/m0/s1. The van der Waals surface area contributed by atoms with E-state index in [4.69, 9.17) is 0 Å². The Morgan fingerprint density at radius 2 is 1.94 bits per heavy atom. The van der Waals surface area contributed by atoms with Crippen LogP contribution in [0.3, 0.4) is 0 Å². The number of H-pyrrole nitrogens is 1. The van der Waals surface area contributed by atoms with E-state index in [9.17, 15) is 14.7 Å². The number of aromatic amines is 1. The Hall–Kier alpha value is -3.69. The van der Waals surface area contributed by atoms with Crippen LogP contribution >= 0.6 is 0 Å². The number of carbonyl (C=O) groups is 2. The predicted molar refractivity (Wildman–Crippen MR) is 130 cm³/mol. The number of rotatable bonds is 9. The zero-order valence-electron chi connectivity index (χ0n) is 20.2. The van der Waals surface area contributed by atoms with E-state index in [2.05, 4.69) is 30.9 Å². The number of nitrogens with zero attached hydrogens (tertiary/aromatic N) is 4. The average molecular weight is 478 g/mol. The summed E-state index contributed by atoms with van der Waals surface area (Å²) in [4.78, 5) is 31.0. The molecule has 3 heterocycles. The average Bonchev–Trinajstić information content (AvgIpc) is 3.77. The highest BCUT2D eigenvalue weighted by Crippen LogP contribution is 2.51. The second-order valence-corrected chi connectivity index (χ2v) is 9.63. The van der Waals surface area contributed by atoms with Gasteiger partial charge in [0.1, 0.15) is 11.7 Å². The third-order valence-electron chi connectivity index (χ3n) is 7.06. The fourth-order valence-electron chi connectivity index (χ4n) is 5.08. The van der Waals surface area contributed by atoms with E-state index < -0.39 is 6.04 Å². The van der Waals surface area contributed by atoms with E-state index >= 15 is 0 Å². The van der Waals surface area contributed by atoms with Crippen molar-refractivity contribution in [3.05, 3.63) is 41.6 Å². The van der Waals surface area contributed by atoms with E-state index in [-0.39, 0.29) is 29.3 Å². The first kappa shape index (κ1) is 23.1. The van der Waals surface area contributed by atoms with Gasteiger partial charge in [-0.25, -0.2) is 4.98 Å². The minimum Gasteiger partial charge on any atom is -0.504 e. The van der Waals surface area contributed by atoms with Crippen molar-refractivity contribution in [3.63, 3.8) is 0 Å². The van der Waals surface area contributed by atoms with E-state index in [1.807, 2.05) is 20.8 Å². The quantitative estimate of drug-likeness (QED) is 0.373. The summed E-state index contributed by atoms with van der Waals surface area (Å²) in [5, 5.41) is 27.7. The maximum absolute atomic E-state index is 13.5. The highest BCUT2D eigenvalue weighted by Gasteiger charge is 2.48. The van der Waals surface area contributed by atoms with Crippen LogP contribution in [-0.2, 0) is 11.3 Å². The maximum atomic E-state index is 13.5. The van der Waals surface area contributed by atoms with Gasteiger partial charge in [-0.1, -0.05) is 0 Å². The number of amides is 2. The Morgan fingerprint density at radius 3 is 2.51 bits per heavy atom. The lowest BCUT2D eigenvalue weighted by Gasteiger charge is -2.27. The Kier molecular flexibility index (Phi) is 6.04. The fourth-order valence-corrected chi connectivity index (χ4v) is 5.08. The number of aromatic nitrogens is 5. The minimum atomic E-state index is -0.720. The molecule has 0 radical (unpaired) electrons. The van der Waals surface area contributed by atoms with E-state index in [0.29, 0.717) is 29.6 Å². The lowest BCUT2D eigenvalue weighted by Crippen LogP contribution is -2.50. The summed E-state index contributed by atoms with van der Waals surface area (Å²) < 4.78 is 1.61. The highest BCUT2D eigenvalue weighted by molar-refractivity contribution is 6.01. The Morgan fingerprint density at radius 1 is 1.23 bits per heavy atom. The molecule has 3 aromatic rings. The molecule has 0 spiro atoms. The topological polar surface area (TPSA) is 138 Å². The molecule has 2 fully saturated rings. The molecule has 2 amide bonds. The number of carbonyl (C=O) groups excluding carboxylic acids is 2. The maximum Gasteiger partial charge on any atom is 0.270 e. The van der Waals surface area contributed by atoms with Crippen LogP contribution in [0.5, 0.6) is 5.75 Å². The molecule has 1 atom stereocenters. The van der Waals surface area contributed by atoms with Crippen LogP contribution in [0.1, 0.15) is 54.5 Å². The van der Waals surface area contributed by atoms with Crippen molar-refractivity contribution in [2.45, 2.75) is 59.0 Å². The molecule has 0 saturated heterocycles. The van der Waals surface area contributed by atoms with Crippen LogP contribution in [0.15, 0.2) is 24.5 Å². The van der Waals surface area contributed by atoms with Crippen LogP contribution in [0.25, 0.3) is 11.1 Å². The van der Waals surface area contributed by atoms with Gasteiger partial charge in [0.05, 0.1) is 5.69 Å². The largest absolute Gasteiger partial charge is 0.504 e. The second kappa shape index (κ2) is 9.16. The monoisotopic (exact) mass is 477 g/mol. The Bertz CT molecular complexity index is 1220. The van der Waals surface area contributed by atoms with Gasteiger partial charge >= 0.3 is 0 Å². The summed E-state index contributed by atoms with van der Waals surface area (Å²) in [5.41, 5.74) is 3.66. The molecular weight excluding hydrogens is 446 g/mol. The highest BCUT2D eigenvalue weighted by atomic mass is 16.3. The lowest BCUT2D eigenvalue weighted by atomic mass is 9.88. The van der Waals surface area contributed by atoms with Gasteiger partial charge in [-0.05, 0) is 76.3 Å². The molecule has 10 heteroatoms. The van der Waals surface area contributed by atoms with Gasteiger partial charge in [0.2, 0.25) is 5.91 Å². The Balaban J connectivity index is 1.39. The van der Waals surface area contributed by atoms with Crippen LogP contribution in [0, 0.1) is 31.6 Å². The van der Waals surface area contributed by atoms with Gasteiger partial charge in [0.25, 0.3) is 5.91 Å². The first-order valence-electron chi connectivity index (χ1n) is 12.2. The third kappa shape index (κ3) is 4.65. The first-order valence-corrected chi connectivity index (χ1v) is 12.2. The van der Waals surface area contributed by atoms with Crippen molar-refractivity contribution >= 4 is 17.6 Å². The van der Waals surface area contributed by atoms with Crippen molar-refractivity contribution < 1.29 is 14.7 Å². The van der Waals surface area contributed by atoms with Crippen molar-refractivity contribution in [2.24, 2.45) is 17.8 Å². The van der Waals surface area contributed by atoms with Gasteiger partial charge in [0.15, 0.2) is 11.6 Å². The van der Waals surface area contributed by atoms with Crippen LogP contribution in [0.4, 0.5) is 5.82 Å².